The molecule has 0 amide bonds. The minimum absolute atomic E-state index is 0. The molecule has 0 saturated heterocycles. The first-order chi connectivity index (χ1) is 19.3. The molecule has 0 atom stereocenters. The Morgan fingerprint density at radius 3 is 2.25 bits per heavy atom. The summed E-state index contributed by atoms with van der Waals surface area (Å²) >= 11 is 0. The number of aromatic hydroxyl groups is 1. The van der Waals surface area contributed by atoms with Crippen LogP contribution in [0.25, 0.3) is 61.3 Å². The Morgan fingerprint density at radius 1 is 0.650 bits per heavy atom. The maximum absolute atomic E-state index is 10.5. The molecule has 0 spiro atoms. The van der Waals surface area contributed by atoms with E-state index in [1.807, 2.05) is 97.1 Å². The molecule has 0 bridgehead atoms. The first-order valence-electron chi connectivity index (χ1n) is 12.7. The fraction of sp³-hybridized carbons (Fsp3) is 0. The Bertz CT molecular complexity index is 2050. The molecule has 7 aromatic rings. The Labute approximate surface area is 245 Å². The summed E-state index contributed by atoms with van der Waals surface area (Å²) < 4.78 is 8.57. The van der Waals surface area contributed by atoms with E-state index < -0.39 is 0 Å². The molecule has 40 heavy (non-hydrogen) atoms. The summed E-state index contributed by atoms with van der Waals surface area (Å²) in [6, 6.07) is 42.6. The average Bonchev–Trinajstić information content (AvgIpc) is 2.98. The predicted molar refractivity (Wildman–Crippen MR) is 155 cm³/mol. The van der Waals surface area contributed by atoms with Gasteiger partial charge in [0.2, 0.25) is 0 Å². The zero-order valence-electron chi connectivity index (χ0n) is 21.1. The largest absolute Gasteiger partial charge is 0.507 e. The molecule has 196 valence electrons. The van der Waals surface area contributed by atoms with Gasteiger partial charge in [0.1, 0.15) is 17.2 Å². The van der Waals surface area contributed by atoms with Gasteiger partial charge in [-0.05, 0) is 65.1 Å². The number of para-hydroxylation sites is 4. The van der Waals surface area contributed by atoms with Crippen molar-refractivity contribution in [2.75, 3.05) is 0 Å². The van der Waals surface area contributed by atoms with Crippen LogP contribution in [0, 0.1) is 6.07 Å². The van der Waals surface area contributed by atoms with Crippen LogP contribution in [0.4, 0.5) is 0 Å². The zero-order valence-corrected chi connectivity index (χ0v) is 23.4. The Kier molecular flexibility index (Phi) is 6.89. The Morgan fingerprint density at radius 2 is 1.40 bits per heavy atom. The average molecular weight is 700 g/mol. The number of hydrogen-bond acceptors (Lipinski definition) is 4. The van der Waals surface area contributed by atoms with Crippen LogP contribution in [-0.4, -0.2) is 19.6 Å². The van der Waals surface area contributed by atoms with Crippen LogP contribution < -0.4 is 0 Å². The number of phenols is 1. The van der Waals surface area contributed by atoms with Crippen LogP contribution in [0.5, 0.6) is 5.75 Å². The number of benzene rings is 4. The van der Waals surface area contributed by atoms with Gasteiger partial charge in [-0.1, -0.05) is 66.0 Å². The van der Waals surface area contributed by atoms with Crippen LogP contribution >= 0.6 is 0 Å². The van der Waals surface area contributed by atoms with Crippen molar-refractivity contribution in [3.05, 3.63) is 134 Å². The van der Waals surface area contributed by atoms with Gasteiger partial charge in [-0.2, -0.15) is 0 Å². The monoisotopic (exact) mass is 699 g/mol. The van der Waals surface area contributed by atoms with Gasteiger partial charge in [-0.15, -0.1) is 23.8 Å². The number of fused-ring (bicyclic) bond motifs is 4. The third-order valence-electron chi connectivity index (χ3n) is 6.74. The normalized spacial score (nSPS) is 10.9. The van der Waals surface area contributed by atoms with Crippen LogP contribution in [-0.2, 0) is 21.1 Å². The van der Waals surface area contributed by atoms with E-state index in [0.717, 1.165) is 38.6 Å². The Hall–Kier alpha value is -4.73. The number of phenolic OH excluding ortho intramolecular Hbond substituents is 1. The molecular formula is C34H22N3O2Pt-. The SMILES string of the molecule is Oc1ccccc1-c1cccc(-n2c3[c-]c(-c4ccccn4)ccc3c3ccccc3oc3ccccc32)n1.[Pt]. The molecule has 0 aliphatic heterocycles. The van der Waals surface area contributed by atoms with Crippen molar-refractivity contribution in [2.24, 2.45) is 0 Å². The van der Waals surface area contributed by atoms with E-state index in [1.165, 1.54) is 0 Å². The molecule has 0 fully saturated rings. The van der Waals surface area contributed by atoms with Gasteiger partial charge in [0, 0.05) is 32.8 Å². The molecule has 0 saturated carbocycles. The van der Waals surface area contributed by atoms with Gasteiger partial charge in [0.05, 0.1) is 11.2 Å². The summed E-state index contributed by atoms with van der Waals surface area (Å²) in [6.07, 6.45) is 1.79. The molecule has 6 heteroatoms. The molecule has 0 unspecified atom stereocenters. The second-order valence-electron chi connectivity index (χ2n) is 9.15. The third kappa shape index (κ3) is 4.55. The van der Waals surface area contributed by atoms with Gasteiger partial charge in [0.15, 0.2) is 5.58 Å². The van der Waals surface area contributed by atoms with E-state index in [2.05, 4.69) is 27.8 Å². The minimum Gasteiger partial charge on any atom is -0.507 e. The molecule has 7 rings (SSSR count). The summed E-state index contributed by atoms with van der Waals surface area (Å²) in [5, 5.41) is 12.5. The summed E-state index contributed by atoms with van der Waals surface area (Å²) in [6.45, 7) is 0. The van der Waals surface area contributed by atoms with Crippen LogP contribution in [0.1, 0.15) is 0 Å². The molecule has 0 aliphatic rings. The molecule has 3 heterocycles. The second-order valence-corrected chi connectivity index (χ2v) is 9.15. The Balaban J connectivity index is 0.00000289. The number of hydrogen-bond donors (Lipinski definition) is 1. The summed E-state index contributed by atoms with van der Waals surface area (Å²) in [7, 11) is 0. The minimum atomic E-state index is 0. The molecule has 3 aromatic heterocycles. The van der Waals surface area contributed by atoms with E-state index in [9.17, 15) is 5.11 Å². The van der Waals surface area contributed by atoms with E-state index in [4.69, 9.17) is 9.40 Å². The van der Waals surface area contributed by atoms with Gasteiger partial charge >= 0.3 is 0 Å². The maximum atomic E-state index is 10.5. The van der Waals surface area contributed by atoms with Crippen LogP contribution in [0.3, 0.4) is 0 Å². The van der Waals surface area contributed by atoms with Crippen molar-refractivity contribution in [3.63, 3.8) is 0 Å². The van der Waals surface area contributed by atoms with Crippen molar-refractivity contribution in [1.29, 1.82) is 0 Å². The summed E-state index contributed by atoms with van der Waals surface area (Å²) in [5.41, 5.74) is 6.13. The number of rotatable bonds is 3. The topological polar surface area (TPSA) is 64.1 Å². The van der Waals surface area contributed by atoms with Gasteiger partial charge < -0.3 is 19.1 Å². The molecule has 4 aromatic carbocycles. The maximum Gasteiger partial charge on any atom is 0.151 e. The molecular weight excluding hydrogens is 677 g/mol. The van der Waals surface area contributed by atoms with Crippen molar-refractivity contribution in [2.45, 2.75) is 0 Å². The van der Waals surface area contributed by atoms with Crippen molar-refractivity contribution < 1.29 is 30.6 Å². The van der Waals surface area contributed by atoms with Gasteiger partial charge in [-0.3, -0.25) is 0 Å². The first kappa shape index (κ1) is 25.5. The first-order valence-corrected chi connectivity index (χ1v) is 12.7. The van der Waals surface area contributed by atoms with E-state index in [-0.39, 0.29) is 26.8 Å². The van der Waals surface area contributed by atoms with Crippen molar-refractivity contribution in [1.82, 2.24) is 14.5 Å². The fourth-order valence-electron chi connectivity index (χ4n) is 4.92. The number of pyridine rings is 2. The zero-order chi connectivity index (χ0) is 26.2. The summed E-state index contributed by atoms with van der Waals surface area (Å²) in [4.78, 5) is 9.60. The number of nitrogens with zero attached hydrogens (tertiary/aromatic N) is 3. The van der Waals surface area contributed by atoms with E-state index in [1.54, 1.807) is 18.3 Å². The number of aromatic nitrogens is 3. The van der Waals surface area contributed by atoms with Gasteiger partial charge in [0.25, 0.3) is 0 Å². The van der Waals surface area contributed by atoms with E-state index in [0.29, 0.717) is 22.7 Å². The third-order valence-corrected chi connectivity index (χ3v) is 6.74. The fourth-order valence-corrected chi connectivity index (χ4v) is 4.92. The predicted octanol–water partition coefficient (Wildman–Crippen LogP) is 8.28. The summed E-state index contributed by atoms with van der Waals surface area (Å²) in [5.74, 6) is 0.846. The van der Waals surface area contributed by atoms with E-state index >= 15 is 0 Å². The standard InChI is InChI=1S/C34H22N3O2.Pt/c38-31-15-4-1-11-26(31)28-13-9-18-34(36-28)37-29-14-3-6-17-33(29)39-32-16-5-2-10-25(32)24-20-19-23(22-30(24)37)27-12-7-8-21-35-27;/h1-21,38H;/q-1;. The second kappa shape index (κ2) is 10.8. The van der Waals surface area contributed by atoms with Crippen molar-refractivity contribution in [3.8, 4) is 34.1 Å². The molecule has 5 nitrogen and oxygen atoms in total. The molecule has 0 aliphatic carbocycles. The van der Waals surface area contributed by atoms with Crippen molar-refractivity contribution >= 4 is 33.0 Å². The quantitative estimate of drug-likeness (QED) is 0.189. The van der Waals surface area contributed by atoms with Crippen LogP contribution in [0.15, 0.2) is 132 Å². The molecule has 1 N–H and O–H groups in total. The van der Waals surface area contributed by atoms with Gasteiger partial charge in [-0.25, -0.2) is 4.98 Å². The van der Waals surface area contributed by atoms with Crippen LogP contribution in [0.2, 0.25) is 0 Å². The smallest absolute Gasteiger partial charge is 0.151 e. The molecule has 0 radical (unpaired) electrons.